The molecule has 5 nitrogen and oxygen atoms in total. The minimum absolute atomic E-state index is 0.0419. The summed E-state index contributed by atoms with van der Waals surface area (Å²) in [4.78, 5) is 30.5. The van der Waals surface area contributed by atoms with Gasteiger partial charge in [-0.05, 0) is 61.6 Å². The largest absolute Gasteiger partial charge is 0.355 e. The van der Waals surface area contributed by atoms with Crippen LogP contribution in [-0.2, 0) is 11.2 Å². The normalized spacial score (nSPS) is 18.8. The standard InChI is InChI=1S/C27H43N3O2/c1-4-5-8-22-11-13-24(14-12-22)27(32)30-19-17-29(18-20-30)25(23-9-6-7-10-23)26(31)28-16-15-21(2)3/h11-14,21,23,25H,4-10,15-20H2,1-3H3,(H,28,31)/t25-/m0/s1. The van der Waals surface area contributed by atoms with Crippen LogP contribution in [0, 0.1) is 11.8 Å². The van der Waals surface area contributed by atoms with Gasteiger partial charge >= 0.3 is 0 Å². The van der Waals surface area contributed by atoms with Crippen LogP contribution in [-0.4, -0.2) is 60.4 Å². The lowest BCUT2D eigenvalue weighted by atomic mass is 9.94. The summed E-state index contributed by atoms with van der Waals surface area (Å²) in [6.07, 6.45) is 9.21. The summed E-state index contributed by atoms with van der Waals surface area (Å²) >= 11 is 0. The molecular formula is C27H43N3O2. The molecule has 178 valence electrons. The molecule has 1 aliphatic heterocycles. The molecule has 1 aromatic carbocycles. The Balaban J connectivity index is 1.56. The quantitative estimate of drug-likeness (QED) is 0.581. The number of nitrogens with zero attached hydrogens (tertiary/aromatic N) is 2. The number of aryl methyl sites for hydroxylation is 1. The predicted molar refractivity (Wildman–Crippen MR) is 131 cm³/mol. The van der Waals surface area contributed by atoms with Crippen molar-refractivity contribution < 1.29 is 9.59 Å². The number of nitrogens with one attached hydrogen (secondary N) is 1. The molecule has 0 aromatic heterocycles. The topological polar surface area (TPSA) is 52.7 Å². The molecule has 5 heteroatoms. The van der Waals surface area contributed by atoms with Gasteiger partial charge in [0.15, 0.2) is 0 Å². The molecule has 0 bridgehead atoms. The number of hydrogen-bond donors (Lipinski definition) is 1. The Morgan fingerprint density at radius 2 is 1.69 bits per heavy atom. The van der Waals surface area contributed by atoms with E-state index in [0.29, 0.717) is 24.9 Å². The average Bonchev–Trinajstić information content (AvgIpc) is 3.32. The van der Waals surface area contributed by atoms with E-state index < -0.39 is 0 Å². The lowest BCUT2D eigenvalue weighted by molar-refractivity contribution is -0.129. The Morgan fingerprint density at radius 1 is 1.03 bits per heavy atom. The number of piperazine rings is 1. The molecule has 2 fully saturated rings. The van der Waals surface area contributed by atoms with Crippen molar-refractivity contribution in [3.63, 3.8) is 0 Å². The zero-order chi connectivity index (χ0) is 22.9. The Bertz CT molecular complexity index is 717. The third-order valence-electron chi connectivity index (χ3n) is 7.15. The molecule has 2 amide bonds. The number of hydrogen-bond acceptors (Lipinski definition) is 3. The average molecular weight is 442 g/mol. The third-order valence-corrected chi connectivity index (χ3v) is 7.15. The fourth-order valence-corrected chi connectivity index (χ4v) is 5.12. The molecule has 1 aliphatic carbocycles. The molecule has 0 unspecified atom stereocenters. The van der Waals surface area contributed by atoms with Crippen molar-refractivity contribution >= 4 is 11.8 Å². The highest BCUT2D eigenvalue weighted by molar-refractivity contribution is 5.94. The molecule has 3 rings (SSSR count). The van der Waals surface area contributed by atoms with Crippen molar-refractivity contribution in [3.8, 4) is 0 Å². The van der Waals surface area contributed by atoms with Crippen molar-refractivity contribution in [3.05, 3.63) is 35.4 Å². The minimum Gasteiger partial charge on any atom is -0.355 e. The van der Waals surface area contributed by atoms with Crippen LogP contribution in [0.2, 0.25) is 0 Å². The van der Waals surface area contributed by atoms with E-state index in [1.807, 2.05) is 17.0 Å². The maximum absolute atomic E-state index is 13.1. The van der Waals surface area contributed by atoms with Gasteiger partial charge in [0.1, 0.15) is 0 Å². The first-order valence-corrected chi connectivity index (χ1v) is 12.9. The molecule has 0 radical (unpaired) electrons. The van der Waals surface area contributed by atoms with Crippen molar-refractivity contribution in [2.75, 3.05) is 32.7 Å². The van der Waals surface area contributed by atoms with Crippen molar-refractivity contribution in [2.45, 2.75) is 78.2 Å². The van der Waals surface area contributed by atoms with E-state index in [2.05, 4.69) is 43.1 Å². The summed E-state index contributed by atoms with van der Waals surface area (Å²) in [5, 5.41) is 3.21. The fraction of sp³-hybridized carbons (Fsp3) is 0.704. The van der Waals surface area contributed by atoms with Crippen LogP contribution in [0.1, 0.15) is 81.6 Å². The number of carbonyl (C=O) groups excluding carboxylic acids is 2. The molecule has 0 spiro atoms. The summed E-state index contributed by atoms with van der Waals surface area (Å²) in [5.41, 5.74) is 2.08. The fourth-order valence-electron chi connectivity index (χ4n) is 5.12. The van der Waals surface area contributed by atoms with Crippen LogP contribution in [0.4, 0.5) is 0 Å². The van der Waals surface area contributed by atoms with E-state index in [0.717, 1.165) is 50.9 Å². The Labute approximate surface area is 194 Å². The summed E-state index contributed by atoms with van der Waals surface area (Å²) < 4.78 is 0. The first-order chi connectivity index (χ1) is 15.5. The molecule has 1 heterocycles. The van der Waals surface area contributed by atoms with Gasteiger partial charge in [-0.3, -0.25) is 14.5 Å². The van der Waals surface area contributed by atoms with Gasteiger partial charge in [0, 0.05) is 38.3 Å². The van der Waals surface area contributed by atoms with Crippen LogP contribution >= 0.6 is 0 Å². The minimum atomic E-state index is -0.0419. The van der Waals surface area contributed by atoms with Crippen LogP contribution < -0.4 is 5.32 Å². The highest BCUT2D eigenvalue weighted by Crippen LogP contribution is 2.31. The maximum atomic E-state index is 13.1. The second kappa shape index (κ2) is 12.4. The molecule has 1 saturated carbocycles. The van der Waals surface area contributed by atoms with E-state index in [1.165, 1.54) is 31.2 Å². The summed E-state index contributed by atoms with van der Waals surface area (Å²) in [5.74, 6) is 1.35. The number of carbonyl (C=O) groups is 2. The summed E-state index contributed by atoms with van der Waals surface area (Å²) in [7, 11) is 0. The number of unbranched alkanes of at least 4 members (excludes halogenated alkanes) is 1. The van der Waals surface area contributed by atoms with Gasteiger partial charge in [-0.25, -0.2) is 0 Å². The van der Waals surface area contributed by atoms with Crippen molar-refractivity contribution in [2.24, 2.45) is 11.8 Å². The van der Waals surface area contributed by atoms with E-state index in [4.69, 9.17) is 0 Å². The van der Waals surface area contributed by atoms with Crippen LogP contribution in [0.15, 0.2) is 24.3 Å². The molecule has 2 aliphatic rings. The maximum Gasteiger partial charge on any atom is 0.253 e. The van der Waals surface area contributed by atoms with Crippen LogP contribution in [0.5, 0.6) is 0 Å². The smallest absolute Gasteiger partial charge is 0.253 e. The Kier molecular flexibility index (Phi) is 9.58. The molecule has 32 heavy (non-hydrogen) atoms. The zero-order valence-electron chi connectivity index (χ0n) is 20.4. The second-order valence-corrected chi connectivity index (χ2v) is 10.1. The van der Waals surface area contributed by atoms with Gasteiger partial charge in [0.25, 0.3) is 5.91 Å². The van der Waals surface area contributed by atoms with Gasteiger partial charge in [-0.2, -0.15) is 0 Å². The van der Waals surface area contributed by atoms with Crippen molar-refractivity contribution in [1.29, 1.82) is 0 Å². The molecule has 1 atom stereocenters. The molecule has 1 N–H and O–H groups in total. The molecular weight excluding hydrogens is 398 g/mol. The highest BCUT2D eigenvalue weighted by atomic mass is 16.2. The number of amides is 2. The van der Waals surface area contributed by atoms with Crippen molar-refractivity contribution in [1.82, 2.24) is 15.1 Å². The Morgan fingerprint density at radius 3 is 2.28 bits per heavy atom. The highest BCUT2D eigenvalue weighted by Gasteiger charge is 2.37. The SMILES string of the molecule is CCCCc1ccc(C(=O)N2CCN([C@H](C(=O)NCCC(C)C)C3CCCC3)CC2)cc1. The predicted octanol–water partition coefficient (Wildman–Crippen LogP) is 4.51. The monoisotopic (exact) mass is 441 g/mol. The van der Waals surface area contributed by atoms with Gasteiger partial charge in [0.05, 0.1) is 6.04 Å². The van der Waals surface area contributed by atoms with E-state index >= 15 is 0 Å². The summed E-state index contributed by atoms with van der Waals surface area (Å²) in [6, 6.07) is 8.10. The van der Waals surface area contributed by atoms with Crippen LogP contribution in [0.25, 0.3) is 0 Å². The lowest BCUT2D eigenvalue weighted by Crippen LogP contribution is -2.58. The first kappa shape index (κ1) is 24.8. The van der Waals surface area contributed by atoms with E-state index in [1.54, 1.807) is 0 Å². The van der Waals surface area contributed by atoms with Gasteiger partial charge in [-0.1, -0.05) is 52.2 Å². The molecule has 1 aromatic rings. The lowest BCUT2D eigenvalue weighted by Gasteiger charge is -2.40. The van der Waals surface area contributed by atoms with Crippen LogP contribution in [0.3, 0.4) is 0 Å². The van der Waals surface area contributed by atoms with E-state index in [9.17, 15) is 9.59 Å². The molecule has 1 saturated heterocycles. The number of benzene rings is 1. The number of rotatable bonds is 10. The summed E-state index contributed by atoms with van der Waals surface area (Å²) in [6.45, 7) is 10.3. The van der Waals surface area contributed by atoms with Gasteiger partial charge < -0.3 is 10.2 Å². The first-order valence-electron chi connectivity index (χ1n) is 12.9. The zero-order valence-corrected chi connectivity index (χ0v) is 20.4. The third kappa shape index (κ3) is 6.81. The van der Waals surface area contributed by atoms with Gasteiger partial charge in [0.2, 0.25) is 5.91 Å². The second-order valence-electron chi connectivity index (χ2n) is 10.1. The van der Waals surface area contributed by atoms with E-state index in [-0.39, 0.29) is 17.9 Å². The Hall–Kier alpha value is -1.88. The van der Waals surface area contributed by atoms with Gasteiger partial charge in [-0.15, -0.1) is 0 Å².